The molecular formula is C37H43F4N3O3. The van der Waals surface area contributed by atoms with Crippen molar-refractivity contribution in [2.45, 2.75) is 109 Å². The molecule has 3 aromatic rings. The molecule has 252 valence electrons. The van der Waals surface area contributed by atoms with Crippen LogP contribution in [0.5, 0.6) is 5.75 Å². The first-order valence-electron chi connectivity index (χ1n) is 16.5. The largest absolute Gasteiger partial charge is 0.491 e. The zero-order chi connectivity index (χ0) is 33.6. The molecule has 0 saturated heterocycles. The standard InChI is InChI=1S/C37H43F4N3O3/c1-24(2)46-29-8-5-25(6-9-29)26-11-18-42-31(19-26)44(32(45)27-20-34(3,21-27)47-33(38)39)23-36-12-15-37(16-13-36,17-14-36)30-10-7-28(22-43-30)35(4,40)41/h5-11,18-19,22,24,27,33H,12-17,20-21,23H2,1-4H3/t27-,34+,36?,37?. The van der Waals surface area contributed by atoms with Crippen LogP contribution < -0.4 is 9.64 Å². The second kappa shape index (κ2) is 12.5. The predicted molar refractivity (Wildman–Crippen MR) is 172 cm³/mol. The topological polar surface area (TPSA) is 64.5 Å². The molecule has 0 N–H and O–H groups in total. The van der Waals surface area contributed by atoms with Crippen molar-refractivity contribution in [1.82, 2.24) is 9.97 Å². The summed E-state index contributed by atoms with van der Waals surface area (Å²) in [4.78, 5) is 25.1. The van der Waals surface area contributed by atoms with Crippen LogP contribution in [0.2, 0.25) is 0 Å². The van der Waals surface area contributed by atoms with Crippen molar-refractivity contribution < 1.29 is 31.8 Å². The van der Waals surface area contributed by atoms with Gasteiger partial charge in [0.15, 0.2) is 0 Å². The van der Waals surface area contributed by atoms with Gasteiger partial charge in [0.05, 0.1) is 11.7 Å². The fraction of sp³-hybridized carbons (Fsp3) is 0.541. The van der Waals surface area contributed by atoms with Crippen LogP contribution in [0.25, 0.3) is 11.1 Å². The molecule has 2 aromatic heterocycles. The number of pyridine rings is 2. The number of hydrogen-bond acceptors (Lipinski definition) is 5. The maximum atomic E-state index is 14.2. The lowest BCUT2D eigenvalue weighted by molar-refractivity contribution is -0.237. The van der Waals surface area contributed by atoms with Gasteiger partial charge in [0.1, 0.15) is 11.6 Å². The van der Waals surface area contributed by atoms with Crippen molar-refractivity contribution >= 4 is 11.7 Å². The second-order valence-electron chi connectivity index (χ2n) is 14.6. The van der Waals surface area contributed by atoms with E-state index in [4.69, 9.17) is 9.47 Å². The van der Waals surface area contributed by atoms with E-state index in [1.165, 1.54) is 12.3 Å². The van der Waals surface area contributed by atoms with E-state index in [-0.39, 0.29) is 41.2 Å². The van der Waals surface area contributed by atoms with E-state index in [2.05, 4.69) is 9.97 Å². The number of carbonyl (C=O) groups is 1. The molecule has 0 spiro atoms. The lowest BCUT2D eigenvalue weighted by atomic mass is 9.52. The molecule has 2 heterocycles. The van der Waals surface area contributed by atoms with Gasteiger partial charge in [0.2, 0.25) is 5.91 Å². The van der Waals surface area contributed by atoms with Gasteiger partial charge in [-0.15, -0.1) is 0 Å². The summed E-state index contributed by atoms with van der Waals surface area (Å²) in [6, 6.07) is 14.9. The number of hydrogen-bond donors (Lipinski definition) is 0. The van der Waals surface area contributed by atoms with Crippen LogP contribution in [-0.4, -0.2) is 40.7 Å². The summed E-state index contributed by atoms with van der Waals surface area (Å²) < 4.78 is 64.4. The van der Waals surface area contributed by atoms with Gasteiger partial charge in [-0.2, -0.15) is 8.78 Å². The van der Waals surface area contributed by atoms with Crippen molar-refractivity contribution in [1.29, 1.82) is 0 Å². The molecule has 47 heavy (non-hydrogen) atoms. The van der Waals surface area contributed by atoms with Gasteiger partial charge < -0.3 is 9.47 Å². The molecule has 0 aliphatic heterocycles. The number of ether oxygens (including phenoxy) is 2. The minimum absolute atomic E-state index is 0.0578. The third-order valence-corrected chi connectivity index (χ3v) is 10.6. The highest BCUT2D eigenvalue weighted by Crippen LogP contribution is 2.58. The molecule has 4 aliphatic carbocycles. The molecule has 1 aromatic carbocycles. The van der Waals surface area contributed by atoms with Gasteiger partial charge in [0, 0.05) is 48.5 Å². The first kappa shape index (κ1) is 33.4. The molecule has 0 atom stereocenters. The van der Waals surface area contributed by atoms with E-state index in [0.29, 0.717) is 12.4 Å². The Kier molecular flexibility index (Phi) is 8.87. The zero-order valence-corrected chi connectivity index (χ0v) is 27.4. The van der Waals surface area contributed by atoms with Crippen LogP contribution in [-0.2, 0) is 20.9 Å². The van der Waals surface area contributed by atoms with E-state index in [9.17, 15) is 22.4 Å². The van der Waals surface area contributed by atoms with Crippen molar-refractivity contribution in [3.63, 3.8) is 0 Å². The average molecular weight is 654 g/mol. The molecule has 0 unspecified atom stereocenters. The summed E-state index contributed by atoms with van der Waals surface area (Å²) >= 11 is 0. The molecule has 4 aliphatic rings. The minimum Gasteiger partial charge on any atom is -0.491 e. The minimum atomic E-state index is -2.94. The maximum absolute atomic E-state index is 14.2. The first-order chi connectivity index (χ1) is 22.2. The Hall–Kier alpha value is -3.53. The molecule has 2 bridgehead atoms. The molecular weight excluding hydrogens is 610 g/mol. The van der Waals surface area contributed by atoms with Gasteiger partial charge in [0.25, 0.3) is 5.92 Å². The molecule has 4 fully saturated rings. The highest BCUT2D eigenvalue weighted by Gasteiger charge is 2.53. The van der Waals surface area contributed by atoms with Crippen LogP contribution in [0.1, 0.15) is 90.3 Å². The zero-order valence-electron chi connectivity index (χ0n) is 27.4. The van der Waals surface area contributed by atoms with E-state index >= 15 is 0 Å². The van der Waals surface area contributed by atoms with Crippen LogP contribution in [0, 0.1) is 11.3 Å². The lowest BCUT2D eigenvalue weighted by Gasteiger charge is -2.55. The van der Waals surface area contributed by atoms with Crippen LogP contribution in [0.15, 0.2) is 60.9 Å². The monoisotopic (exact) mass is 653 g/mol. The fourth-order valence-electron chi connectivity index (χ4n) is 7.89. The Morgan fingerprint density at radius 2 is 1.62 bits per heavy atom. The number of rotatable bonds is 11. The SMILES string of the molecule is CC(C)Oc1ccc(-c2ccnc(N(CC34CCC(c5ccc(C(C)(F)F)cn5)(CC3)CC4)C(=O)[C@H]3C[C@@](C)(OC(F)F)C3)c2)cc1. The van der Waals surface area contributed by atoms with Gasteiger partial charge in [-0.3, -0.25) is 14.7 Å². The quantitative estimate of drug-likeness (QED) is 0.193. The Balaban J connectivity index is 1.24. The Bertz CT molecular complexity index is 1540. The molecule has 10 heteroatoms. The number of aromatic nitrogens is 2. The molecule has 4 saturated carbocycles. The van der Waals surface area contributed by atoms with Crippen LogP contribution in [0.3, 0.4) is 0 Å². The third-order valence-electron chi connectivity index (χ3n) is 10.6. The summed E-state index contributed by atoms with van der Waals surface area (Å²) in [6.07, 6.45) is 8.64. The van der Waals surface area contributed by atoms with E-state index in [1.54, 1.807) is 24.1 Å². The second-order valence-corrected chi connectivity index (χ2v) is 14.6. The summed E-state index contributed by atoms with van der Waals surface area (Å²) in [6.45, 7) is 4.03. The van der Waals surface area contributed by atoms with E-state index in [0.717, 1.165) is 68.0 Å². The van der Waals surface area contributed by atoms with E-state index < -0.39 is 24.1 Å². The molecule has 6 nitrogen and oxygen atoms in total. The summed E-state index contributed by atoms with van der Waals surface area (Å²) in [5.41, 5.74) is 1.29. The van der Waals surface area contributed by atoms with E-state index in [1.807, 2.05) is 50.2 Å². The predicted octanol–water partition coefficient (Wildman–Crippen LogP) is 9.08. The summed E-state index contributed by atoms with van der Waals surface area (Å²) in [5.74, 6) is -2.20. The Morgan fingerprint density at radius 1 is 0.957 bits per heavy atom. The van der Waals surface area contributed by atoms with Gasteiger partial charge in [-0.1, -0.05) is 12.1 Å². The van der Waals surface area contributed by atoms with Crippen molar-refractivity contribution in [3.8, 4) is 16.9 Å². The average Bonchev–Trinajstić information content (AvgIpc) is 3.02. The number of halogens is 4. The summed E-state index contributed by atoms with van der Waals surface area (Å²) in [5, 5.41) is 0. The third kappa shape index (κ3) is 7.03. The smallest absolute Gasteiger partial charge is 0.345 e. The van der Waals surface area contributed by atoms with Crippen molar-refractivity contribution in [3.05, 3.63) is 72.2 Å². The van der Waals surface area contributed by atoms with Crippen LogP contribution >= 0.6 is 0 Å². The number of anilines is 1. The normalized spacial score (nSPS) is 27.1. The number of nitrogens with zero attached hydrogens (tertiary/aromatic N) is 3. The summed E-state index contributed by atoms with van der Waals surface area (Å²) in [7, 11) is 0. The Labute approximate surface area is 273 Å². The fourth-order valence-corrected chi connectivity index (χ4v) is 7.89. The lowest BCUT2D eigenvalue weighted by Crippen LogP contribution is -2.55. The number of carbonyl (C=O) groups excluding carboxylic acids is 1. The van der Waals surface area contributed by atoms with Gasteiger partial charge >= 0.3 is 6.61 Å². The molecule has 1 amide bonds. The van der Waals surface area contributed by atoms with Crippen molar-refractivity contribution in [2.24, 2.45) is 11.3 Å². The van der Waals surface area contributed by atoms with Gasteiger partial charge in [-0.05, 0) is 125 Å². The number of alkyl halides is 4. The number of fused-ring (bicyclic) bond motifs is 3. The Morgan fingerprint density at radius 3 is 2.17 bits per heavy atom. The highest BCUT2D eigenvalue weighted by molar-refractivity contribution is 5.95. The first-order valence-corrected chi connectivity index (χ1v) is 16.5. The molecule has 7 rings (SSSR count). The van der Waals surface area contributed by atoms with Crippen molar-refractivity contribution in [2.75, 3.05) is 11.4 Å². The van der Waals surface area contributed by atoms with Gasteiger partial charge in [-0.25, -0.2) is 13.8 Å². The maximum Gasteiger partial charge on any atom is 0.345 e. The number of amides is 1. The molecule has 0 radical (unpaired) electrons. The highest BCUT2D eigenvalue weighted by atomic mass is 19.3. The number of benzene rings is 1. The van der Waals surface area contributed by atoms with Crippen LogP contribution in [0.4, 0.5) is 23.4 Å².